The maximum atomic E-state index is 11.7. The molecule has 0 atom stereocenters. The molecule has 1 saturated heterocycles. The van der Waals surface area contributed by atoms with E-state index in [0.717, 1.165) is 31.8 Å². The molecule has 0 aromatic carbocycles. The Morgan fingerprint density at radius 3 is 2.58 bits per heavy atom. The van der Waals surface area contributed by atoms with Gasteiger partial charge in [0.2, 0.25) is 5.91 Å². The van der Waals surface area contributed by atoms with E-state index in [2.05, 4.69) is 21.7 Å². The molecule has 1 fully saturated rings. The lowest BCUT2D eigenvalue weighted by Gasteiger charge is -2.34. The lowest BCUT2D eigenvalue weighted by Crippen LogP contribution is -2.47. The highest BCUT2D eigenvalue weighted by atomic mass is 32.1. The summed E-state index contributed by atoms with van der Waals surface area (Å²) in [5, 5.41) is 12.7. The van der Waals surface area contributed by atoms with Crippen molar-refractivity contribution >= 4 is 23.2 Å². The lowest BCUT2D eigenvalue weighted by molar-refractivity contribution is -0.132. The number of hydrogen-bond donors (Lipinski definition) is 1. The minimum Gasteiger partial charge on any atom is -0.478 e. The Bertz CT molecular complexity index is 462. The van der Waals surface area contributed by atoms with Gasteiger partial charge in [0.1, 0.15) is 0 Å². The first-order chi connectivity index (χ1) is 9.15. The quantitative estimate of drug-likeness (QED) is 0.837. The Kier molecular flexibility index (Phi) is 4.70. The predicted molar refractivity (Wildman–Crippen MR) is 73.0 cm³/mol. The normalized spacial score (nSPS) is 16.9. The van der Waals surface area contributed by atoms with Crippen molar-refractivity contribution in [3.63, 3.8) is 0 Å². The van der Waals surface area contributed by atoms with Crippen LogP contribution in [0.25, 0.3) is 0 Å². The second-order valence-corrected chi connectivity index (χ2v) is 5.18. The van der Waals surface area contributed by atoms with Crippen LogP contribution in [0.15, 0.2) is 29.0 Å². The van der Waals surface area contributed by atoms with Crippen molar-refractivity contribution in [2.45, 2.75) is 6.54 Å². The van der Waals surface area contributed by atoms with Crippen molar-refractivity contribution in [1.82, 2.24) is 9.80 Å². The van der Waals surface area contributed by atoms with E-state index in [9.17, 15) is 9.59 Å². The van der Waals surface area contributed by atoms with Crippen molar-refractivity contribution in [3.05, 3.63) is 34.5 Å². The molecular formula is C13H16N2O3S. The molecule has 1 aromatic rings. The summed E-state index contributed by atoms with van der Waals surface area (Å²) in [5.41, 5.74) is 1.30. The van der Waals surface area contributed by atoms with Crippen LogP contribution in [0.3, 0.4) is 0 Å². The molecule has 1 aromatic heterocycles. The number of rotatable bonds is 4. The van der Waals surface area contributed by atoms with E-state index in [1.165, 1.54) is 5.56 Å². The van der Waals surface area contributed by atoms with Crippen molar-refractivity contribution in [2.24, 2.45) is 0 Å². The fraction of sp³-hybridized carbons (Fsp3) is 0.385. The Labute approximate surface area is 115 Å². The first kappa shape index (κ1) is 13.8. The molecule has 5 nitrogen and oxygen atoms in total. The minimum absolute atomic E-state index is 0.224. The van der Waals surface area contributed by atoms with E-state index in [1.54, 1.807) is 16.2 Å². The zero-order valence-electron chi connectivity index (χ0n) is 10.5. The number of carbonyl (C=O) groups excluding carboxylic acids is 1. The number of nitrogens with zero attached hydrogens (tertiary/aromatic N) is 2. The van der Waals surface area contributed by atoms with Gasteiger partial charge in [0.25, 0.3) is 0 Å². The average Bonchev–Trinajstić information content (AvgIpc) is 2.89. The van der Waals surface area contributed by atoms with Gasteiger partial charge >= 0.3 is 5.97 Å². The molecule has 6 heteroatoms. The molecule has 1 N–H and O–H groups in total. The zero-order chi connectivity index (χ0) is 13.7. The monoisotopic (exact) mass is 280 g/mol. The van der Waals surface area contributed by atoms with Gasteiger partial charge < -0.3 is 10.0 Å². The van der Waals surface area contributed by atoms with Crippen molar-refractivity contribution in [2.75, 3.05) is 26.2 Å². The van der Waals surface area contributed by atoms with Gasteiger partial charge in [-0.1, -0.05) is 0 Å². The van der Waals surface area contributed by atoms with Gasteiger partial charge in [-0.25, -0.2) is 4.79 Å². The van der Waals surface area contributed by atoms with E-state index < -0.39 is 5.97 Å². The molecule has 0 saturated carbocycles. The molecule has 0 unspecified atom stereocenters. The Morgan fingerprint density at radius 1 is 1.26 bits per heavy atom. The number of hydrogen-bond acceptors (Lipinski definition) is 4. The zero-order valence-corrected chi connectivity index (χ0v) is 11.3. The summed E-state index contributed by atoms with van der Waals surface area (Å²) in [7, 11) is 0. The van der Waals surface area contributed by atoms with Crippen molar-refractivity contribution < 1.29 is 14.7 Å². The van der Waals surface area contributed by atoms with E-state index in [1.807, 2.05) is 0 Å². The Hall–Kier alpha value is -1.66. The summed E-state index contributed by atoms with van der Waals surface area (Å²) in [5.74, 6) is -1.32. The third kappa shape index (κ3) is 4.18. The van der Waals surface area contributed by atoms with Crippen LogP contribution in [-0.4, -0.2) is 53.0 Å². The number of thiophene rings is 1. The molecule has 1 aliphatic rings. The second kappa shape index (κ2) is 6.49. The fourth-order valence-electron chi connectivity index (χ4n) is 2.02. The molecule has 102 valence electrons. The van der Waals surface area contributed by atoms with Gasteiger partial charge in [-0.3, -0.25) is 9.69 Å². The van der Waals surface area contributed by atoms with Crippen LogP contribution in [0.4, 0.5) is 0 Å². The third-order valence-electron chi connectivity index (χ3n) is 3.04. The summed E-state index contributed by atoms with van der Waals surface area (Å²) < 4.78 is 0. The maximum Gasteiger partial charge on any atom is 0.328 e. The summed E-state index contributed by atoms with van der Waals surface area (Å²) in [6, 6.07) is 2.11. The number of carboxylic acid groups (broad SMARTS) is 1. The van der Waals surface area contributed by atoms with Crippen LogP contribution < -0.4 is 0 Å². The summed E-state index contributed by atoms with van der Waals surface area (Å²) >= 11 is 1.69. The molecule has 2 heterocycles. The van der Waals surface area contributed by atoms with Crippen LogP contribution in [-0.2, 0) is 16.1 Å². The first-order valence-corrected chi connectivity index (χ1v) is 7.03. The Balaban J connectivity index is 1.79. The molecular weight excluding hydrogens is 264 g/mol. The number of carbonyl (C=O) groups is 2. The topological polar surface area (TPSA) is 60.9 Å². The van der Waals surface area contributed by atoms with Crippen LogP contribution in [0, 0.1) is 0 Å². The van der Waals surface area contributed by atoms with Crippen LogP contribution in [0.2, 0.25) is 0 Å². The third-order valence-corrected chi connectivity index (χ3v) is 3.77. The van der Waals surface area contributed by atoms with E-state index in [0.29, 0.717) is 13.1 Å². The largest absolute Gasteiger partial charge is 0.478 e. The fourth-order valence-corrected chi connectivity index (χ4v) is 2.67. The molecule has 0 aliphatic carbocycles. The van der Waals surface area contributed by atoms with E-state index in [4.69, 9.17) is 5.11 Å². The first-order valence-electron chi connectivity index (χ1n) is 6.08. The molecule has 1 aliphatic heterocycles. The highest BCUT2D eigenvalue weighted by molar-refractivity contribution is 7.07. The lowest BCUT2D eigenvalue weighted by atomic mass is 10.2. The SMILES string of the molecule is O=C(O)/C=C/C(=O)N1CCN(Cc2ccsc2)CC1. The van der Waals surface area contributed by atoms with Gasteiger partial charge in [0, 0.05) is 44.9 Å². The van der Waals surface area contributed by atoms with E-state index in [-0.39, 0.29) is 5.91 Å². The summed E-state index contributed by atoms with van der Waals surface area (Å²) in [4.78, 5) is 26.0. The highest BCUT2D eigenvalue weighted by Gasteiger charge is 2.19. The van der Waals surface area contributed by atoms with Crippen molar-refractivity contribution in [1.29, 1.82) is 0 Å². The van der Waals surface area contributed by atoms with Gasteiger partial charge in [-0.2, -0.15) is 11.3 Å². The van der Waals surface area contributed by atoms with Crippen LogP contribution in [0.1, 0.15) is 5.56 Å². The molecule has 0 bridgehead atoms. The van der Waals surface area contributed by atoms with E-state index >= 15 is 0 Å². The number of aliphatic carboxylic acids is 1. The summed E-state index contributed by atoms with van der Waals surface area (Å²) in [6.45, 7) is 3.85. The van der Waals surface area contributed by atoms with Crippen LogP contribution in [0.5, 0.6) is 0 Å². The molecule has 0 spiro atoms. The molecule has 2 rings (SSSR count). The van der Waals surface area contributed by atoms with Crippen molar-refractivity contribution in [3.8, 4) is 0 Å². The predicted octanol–water partition coefficient (Wildman–Crippen LogP) is 1.03. The average molecular weight is 280 g/mol. The molecule has 0 radical (unpaired) electrons. The maximum absolute atomic E-state index is 11.7. The Morgan fingerprint density at radius 2 is 2.00 bits per heavy atom. The van der Waals surface area contributed by atoms with Gasteiger partial charge in [-0.05, 0) is 22.4 Å². The molecule has 1 amide bonds. The van der Waals surface area contributed by atoms with Gasteiger partial charge in [0.15, 0.2) is 0 Å². The molecule has 19 heavy (non-hydrogen) atoms. The minimum atomic E-state index is -1.09. The standard InChI is InChI=1S/C13H16N2O3S/c16-12(1-2-13(17)18)15-6-4-14(5-7-15)9-11-3-8-19-10-11/h1-3,8,10H,4-7,9H2,(H,17,18)/b2-1+. The number of carboxylic acids is 1. The highest BCUT2D eigenvalue weighted by Crippen LogP contribution is 2.11. The smallest absolute Gasteiger partial charge is 0.328 e. The number of amides is 1. The summed E-state index contributed by atoms with van der Waals surface area (Å²) in [6.07, 6.45) is 2.01. The second-order valence-electron chi connectivity index (χ2n) is 4.40. The number of piperazine rings is 1. The van der Waals surface area contributed by atoms with Gasteiger partial charge in [-0.15, -0.1) is 0 Å². The van der Waals surface area contributed by atoms with Crippen LogP contribution >= 0.6 is 11.3 Å². The van der Waals surface area contributed by atoms with Gasteiger partial charge in [0.05, 0.1) is 0 Å².